The van der Waals surface area contributed by atoms with E-state index in [1.54, 1.807) is 23.2 Å². The van der Waals surface area contributed by atoms with Crippen molar-refractivity contribution in [3.8, 4) is 11.1 Å². The normalized spacial score (nSPS) is 15.9. The summed E-state index contributed by atoms with van der Waals surface area (Å²) in [6.45, 7) is 3.32. The molecule has 1 saturated heterocycles. The van der Waals surface area contributed by atoms with E-state index in [9.17, 15) is 18.0 Å². The molecule has 6 nitrogen and oxygen atoms in total. The molecule has 1 amide bonds. The van der Waals surface area contributed by atoms with E-state index in [0.29, 0.717) is 56.5 Å². The fourth-order valence-electron chi connectivity index (χ4n) is 4.51. The Kier molecular flexibility index (Phi) is 6.77. The van der Waals surface area contributed by atoms with Gasteiger partial charge in [0, 0.05) is 55.1 Å². The molecule has 1 aromatic heterocycles. The average molecular weight is 517 g/mol. The lowest BCUT2D eigenvalue weighted by molar-refractivity contribution is -0.138. The summed E-state index contributed by atoms with van der Waals surface area (Å²) in [5.74, 6) is 0.575. The average Bonchev–Trinajstić information content (AvgIpc) is 2.88. The minimum absolute atomic E-state index is 0.0363. The second-order valence-electron chi connectivity index (χ2n) is 8.72. The van der Waals surface area contributed by atoms with Crippen LogP contribution >= 0.6 is 11.6 Å². The maximum absolute atomic E-state index is 13.6. The molecular formula is C26H24ClF3N4O2. The number of benzene rings is 2. The predicted molar refractivity (Wildman–Crippen MR) is 132 cm³/mol. The number of morpholine rings is 1. The fourth-order valence-corrected chi connectivity index (χ4v) is 4.71. The number of carbonyl (C=O) groups is 1. The van der Waals surface area contributed by atoms with Gasteiger partial charge in [-0.15, -0.1) is 0 Å². The molecule has 0 unspecified atom stereocenters. The number of aromatic nitrogens is 1. The molecule has 0 saturated carbocycles. The number of alkyl halides is 3. The van der Waals surface area contributed by atoms with Gasteiger partial charge in [0.25, 0.3) is 5.91 Å². The van der Waals surface area contributed by atoms with Crippen LogP contribution in [0.4, 0.5) is 24.7 Å². The van der Waals surface area contributed by atoms with Crippen LogP contribution in [-0.4, -0.2) is 55.2 Å². The van der Waals surface area contributed by atoms with Crippen LogP contribution in [0.1, 0.15) is 21.5 Å². The number of hydrogen-bond acceptors (Lipinski definition) is 5. The number of hydrogen-bond donors (Lipinski definition) is 1. The molecular weight excluding hydrogens is 493 g/mol. The van der Waals surface area contributed by atoms with Crippen LogP contribution in [0.5, 0.6) is 0 Å². The van der Waals surface area contributed by atoms with Crippen LogP contribution in [-0.2, 0) is 17.5 Å². The van der Waals surface area contributed by atoms with Gasteiger partial charge in [-0.3, -0.25) is 4.79 Å². The molecule has 3 heterocycles. The van der Waals surface area contributed by atoms with Crippen molar-refractivity contribution >= 4 is 29.0 Å². The SMILES string of the molecule is O=C(c1ccc(-c2cnc3c(c2)N(Cc2cc(Cl)ccc2C(F)(F)F)CCN3)cc1)N1CCOCC1. The van der Waals surface area contributed by atoms with Crippen LogP contribution in [0.2, 0.25) is 5.02 Å². The van der Waals surface area contributed by atoms with Gasteiger partial charge >= 0.3 is 6.18 Å². The molecule has 2 aliphatic rings. The second-order valence-corrected chi connectivity index (χ2v) is 9.16. The summed E-state index contributed by atoms with van der Waals surface area (Å²) in [6, 6.07) is 12.8. The van der Waals surface area contributed by atoms with Crippen LogP contribution < -0.4 is 10.2 Å². The molecule has 36 heavy (non-hydrogen) atoms. The molecule has 0 bridgehead atoms. The van der Waals surface area contributed by atoms with Gasteiger partial charge in [0.2, 0.25) is 0 Å². The lowest BCUT2D eigenvalue weighted by Gasteiger charge is -2.32. The van der Waals surface area contributed by atoms with Crippen molar-refractivity contribution in [1.82, 2.24) is 9.88 Å². The first-order chi connectivity index (χ1) is 17.3. The van der Waals surface area contributed by atoms with E-state index in [0.717, 1.165) is 17.2 Å². The monoisotopic (exact) mass is 516 g/mol. The van der Waals surface area contributed by atoms with Crippen LogP contribution in [0.15, 0.2) is 54.7 Å². The predicted octanol–water partition coefficient (Wildman–Crippen LogP) is 5.33. The summed E-state index contributed by atoms with van der Waals surface area (Å²) in [6.07, 6.45) is -2.76. The Morgan fingerprint density at radius 3 is 2.50 bits per heavy atom. The van der Waals surface area contributed by atoms with Gasteiger partial charge in [-0.2, -0.15) is 13.2 Å². The molecule has 0 radical (unpaired) electrons. The Balaban J connectivity index is 1.40. The van der Waals surface area contributed by atoms with E-state index in [1.807, 2.05) is 23.1 Å². The van der Waals surface area contributed by atoms with Crippen molar-refractivity contribution in [3.63, 3.8) is 0 Å². The summed E-state index contributed by atoms with van der Waals surface area (Å²) in [5, 5.41) is 3.47. The van der Waals surface area contributed by atoms with E-state index in [4.69, 9.17) is 16.3 Å². The maximum Gasteiger partial charge on any atom is 0.416 e. The molecule has 188 valence electrons. The summed E-state index contributed by atoms with van der Waals surface area (Å²) >= 11 is 6.03. The van der Waals surface area contributed by atoms with Crippen molar-refractivity contribution in [2.75, 3.05) is 49.6 Å². The highest BCUT2D eigenvalue weighted by atomic mass is 35.5. The number of nitrogens with zero attached hydrogens (tertiary/aromatic N) is 3. The molecule has 0 aliphatic carbocycles. The Hall–Kier alpha value is -3.30. The number of pyridine rings is 1. The lowest BCUT2D eigenvalue weighted by Crippen LogP contribution is -2.40. The number of ether oxygens (including phenoxy) is 1. The van der Waals surface area contributed by atoms with Crippen molar-refractivity contribution in [2.45, 2.75) is 12.7 Å². The zero-order chi connectivity index (χ0) is 25.3. The zero-order valence-corrected chi connectivity index (χ0v) is 20.1. The van der Waals surface area contributed by atoms with Crippen LogP contribution in [0, 0.1) is 0 Å². The number of fused-ring (bicyclic) bond motifs is 1. The van der Waals surface area contributed by atoms with Gasteiger partial charge in [-0.25, -0.2) is 4.98 Å². The summed E-state index contributed by atoms with van der Waals surface area (Å²) in [4.78, 5) is 20.9. The Morgan fingerprint density at radius 2 is 1.78 bits per heavy atom. The summed E-state index contributed by atoms with van der Waals surface area (Å²) < 4.78 is 46.1. The maximum atomic E-state index is 13.6. The van der Waals surface area contributed by atoms with Crippen molar-refractivity contribution < 1.29 is 22.7 Å². The summed E-state index contributed by atoms with van der Waals surface area (Å²) in [5.41, 5.74) is 2.37. The molecule has 0 atom stereocenters. The third kappa shape index (κ3) is 5.12. The van der Waals surface area contributed by atoms with Crippen molar-refractivity contribution in [2.24, 2.45) is 0 Å². The molecule has 1 N–H and O–H groups in total. The summed E-state index contributed by atoms with van der Waals surface area (Å²) in [7, 11) is 0. The molecule has 5 rings (SSSR count). The largest absolute Gasteiger partial charge is 0.416 e. The molecule has 10 heteroatoms. The number of halogens is 4. The van der Waals surface area contributed by atoms with Gasteiger partial charge in [0.05, 0.1) is 24.5 Å². The van der Waals surface area contributed by atoms with Gasteiger partial charge in [0.15, 0.2) is 0 Å². The van der Waals surface area contributed by atoms with Gasteiger partial charge in [-0.05, 0) is 47.5 Å². The van der Waals surface area contributed by atoms with Crippen LogP contribution in [0.3, 0.4) is 0 Å². The molecule has 2 aromatic carbocycles. The van der Waals surface area contributed by atoms with E-state index in [-0.39, 0.29) is 23.0 Å². The van der Waals surface area contributed by atoms with E-state index in [2.05, 4.69) is 10.3 Å². The number of nitrogens with one attached hydrogen (secondary N) is 1. The molecule has 3 aromatic rings. The first kappa shape index (κ1) is 24.4. The van der Waals surface area contributed by atoms with E-state index >= 15 is 0 Å². The quantitative estimate of drug-likeness (QED) is 0.508. The number of carbonyl (C=O) groups excluding carboxylic acids is 1. The molecule has 1 fully saturated rings. The van der Waals surface area contributed by atoms with Crippen LogP contribution in [0.25, 0.3) is 11.1 Å². The van der Waals surface area contributed by atoms with Gasteiger partial charge in [-0.1, -0.05) is 23.7 Å². The third-order valence-corrected chi connectivity index (χ3v) is 6.61. The smallest absolute Gasteiger partial charge is 0.378 e. The minimum atomic E-state index is -4.47. The van der Waals surface area contributed by atoms with Gasteiger partial charge in [0.1, 0.15) is 5.82 Å². The zero-order valence-electron chi connectivity index (χ0n) is 19.3. The lowest BCUT2D eigenvalue weighted by atomic mass is 10.0. The second kappa shape index (κ2) is 9.99. The topological polar surface area (TPSA) is 57.7 Å². The Labute approximate surface area is 211 Å². The molecule has 2 aliphatic heterocycles. The van der Waals surface area contributed by atoms with Crippen molar-refractivity contribution in [1.29, 1.82) is 0 Å². The number of anilines is 2. The number of rotatable bonds is 4. The highest BCUT2D eigenvalue weighted by Crippen LogP contribution is 2.37. The first-order valence-corrected chi connectivity index (χ1v) is 12.0. The minimum Gasteiger partial charge on any atom is -0.378 e. The first-order valence-electron chi connectivity index (χ1n) is 11.6. The standard InChI is InChI=1S/C26H24ClF3N4O2/c27-21-5-6-22(26(28,29)30)20(13-21)16-34-8-7-31-24-23(34)14-19(15-32-24)17-1-3-18(4-2-17)25(35)33-9-11-36-12-10-33/h1-6,13-15H,7-12,16H2,(H,31,32). The fraction of sp³-hybridized carbons (Fsp3) is 0.308. The highest BCUT2D eigenvalue weighted by Gasteiger charge is 2.34. The van der Waals surface area contributed by atoms with E-state index in [1.165, 1.54) is 12.1 Å². The van der Waals surface area contributed by atoms with Crippen molar-refractivity contribution in [3.05, 3.63) is 76.4 Å². The van der Waals surface area contributed by atoms with E-state index < -0.39 is 11.7 Å². The molecule has 0 spiro atoms. The highest BCUT2D eigenvalue weighted by molar-refractivity contribution is 6.30. The Bertz CT molecular complexity index is 1260. The van der Waals surface area contributed by atoms with Gasteiger partial charge < -0.3 is 19.9 Å². The third-order valence-electron chi connectivity index (χ3n) is 6.38. The number of amides is 1. The Morgan fingerprint density at radius 1 is 1.03 bits per heavy atom.